The summed E-state index contributed by atoms with van der Waals surface area (Å²) in [4.78, 5) is 72.7. The van der Waals surface area contributed by atoms with Gasteiger partial charge in [0, 0.05) is 6.54 Å². The van der Waals surface area contributed by atoms with Crippen LogP contribution >= 0.6 is 0 Å². The Morgan fingerprint density at radius 2 is 1.69 bits per heavy atom. The van der Waals surface area contributed by atoms with Crippen molar-refractivity contribution in [2.75, 3.05) is 6.54 Å². The van der Waals surface area contributed by atoms with Crippen LogP contribution in [0.25, 0.3) is 0 Å². The molecule has 1 rings (SSSR count). The summed E-state index contributed by atoms with van der Waals surface area (Å²) in [5.74, 6) is -6.36. The largest absolute Gasteiger partial charge is 0.481 e. The van der Waals surface area contributed by atoms with Crippen molar-refractivity contribution in [2.24, 2.45) is 17.4 Å². The molecule has 13 heteroatoms. The van der Waals surface area contributed by atoms with Gasteiger partial charge in [-0.25, -0.2) is 4.79 Å². The molecule has 0 bridgehead atoms. The number of hydrogen-bond donors (Lipinski definition) is 6. The fourth-order valence-corrected chi connectivity index (χ4v) is 3.32. The molecule has 1 heterocycles. The standard InChI is InChI=1S/C19H31N5O8/c1-3-9(2)15(21)18(30)24-6-4-5-12(24)17(29)22-10(8-14(26)27)16(28)23-11(19(31)32)7-13(20)25/h9-12,15H,3-8,21H2,1-2H3,(H2,20,25)(H,22,29)(H,23,28)(H,26,27)(H,31,32). The molecule has 0 radical (unpaired) electrons. The van der Waals surface area contributed by atoms with Crippen LogP contribution in [0.3, 0.4) is 0 Å². The molecule has 0 aliphatic carbocycles. The van der Waals surface area contributed by atoms with Gasteiger partial charge in [0.1, 0.15) is 18.1 Å². The van der Waals surface area contributed by atoms with E-state index in [4.69, 9.17) is 21.7 Å². The van der Waals surface area contributed by atoms with E-state index in [2.05, 4.69) is 5.32 Å². The molecule has 1 fully saturated rings. The molecule has 5 unspecified atom stereocenters. The van der Waals surface area contributed by atoms with Crippen LogP contribution in [0.15, 0.2) is 0 Å². The van der Waals surface area contributed by atoms with Gasteiger partial charge in [-0.2, -0.15) is 0 Å². The van der Waals surface area contributed by atoms with Crippen LogP contribution in [0.2, 0.25) is 0 Å². The van der Waals surface area contributed by atoms with Gasteiger partial charge in [0.15, 0.2) is 0 Å². The Balaban J connectivity index is 2.95. The van der Waals surface area contributed by atoms with E-state index >= 15 is 0 Å². The fraction of sp³-hybridized carbons (Fsp3) is 0.684. The lowest BCUT2D eigenvalue weighted by Crippen LogP contribution is -2.57. The van der Waals surface area contributed by atoms with Gasteiger partial charge >= 0.3 is 11.9 Å². The van der Waals surface area contributed by atoms with E-state index in [1.807, 2.05) is 19.2 Å². The van der Waals surface area contributed by atoms with E-state index in [-0.39, 0.29) is 12.5 Å². The topological polar surface area (TPSA) is 222 Å². The van der Waals surface area contributed by atoms with Crippen LogP contribution in [-0.2, 0) is 28.8 Å². The lowest BCUT2D eigenvalue weighted by Gasteiger charge is -2.29. The molecule has 4 amide bonds. The van der Waals surface area contributed by atoms with E-state index in [9.17, 15) is 28.8 Å². The highest BCUT2D eigenvalue weighted by Crippen LogP contribution is 2.21. The molecule has 13 nitrogen and oxygen atoms in total. The minimum Gasteiger partial charge on any atom is -0.481 e. The molecule has 1 saturated heterocycles. The van der Waals surface area contributed by atoms with Crippen LogP contribution in [0.5, 0.6) is 0 Å². The number of nitrogens with two attached hydrogens (primary N) is 2. The smallest absolute Gasteiger partial charge is 0.326 e. The van der Waals surface area contributed by atoms with E-state index in [1.165, 1.54) is 4.90 Å². The monoisotopic (exact) mass is 457 g/mol. The van der Waals surface area contributed by atoms with Gasteiger partial charge in [0.05, 0.1) is 18.9 Å². The number of nitrogens with one attached hydrogen (secondary N) is 2. The lowest BCUT2D eigenvalue weighted by molar-refractivity contribution is -0.145. The maximum atomic E-state index is 12.8. The van der Waals surface area contributed by atoms with Gasteiger partial charge in [0.25, 0.3) is 0 Å². The lowest BCUT2D eigenvalue weighted by atomic mass is 9.98. The summed E-state index contributed by atoms with van der Waals surface area (Å²) in [6.45, 7) is 3.98. The molecule has 0 saturated carbocycles. The molecule has 5 atom stereocenters. The third kappa shape index (κ3) is 7.48. The highest BCUT2D eigenvalue weighted by atomic mass is 16.4. The highest BCUT2D eigenvalue weighted by molar-refractivity contribution is 5.96. The van der Waals surface area contributed by atoms with E-state index < -0.39 is 72.6 Å². The number of carbonyl (C=O) groups is 6. The quantitative estimate of drug-likeness (QED) is 0.186. The Labute approximate surface area is 184 Å². The summed E-state index contributed by atoms with van der Waals surface area (Å²) in [7, 11) is 0. The fourth-order valence-electron chi connectivity index (χ4n) is 3.32. The van der Waals surface area contributed by atoms with Crippen LogP contribution in [0.1, 0.15) is 46.0 Å². The number of rotatable bonds is 12. The van der Waals surface area contributed by atoms with Crippen molar-refractivity contribution in [3.63, 3.8) is 0 Å². The number of amides is 4. The van der Waals surface area contributed by atoms with E-state index in [1.54, 1.807) is 0 Å². The first-order valence-corrected chi connectivity index (χ1v) is 10.3. The molecule has 0 aromatic rings. The van der Waals surface area contributed by atoms with E-state index in [0.29, 0.717) is 19.3 Å². The van der Waals surface area contributed by atoms with Crippen LogP contribution in [0.4, 0.5) is 0 Å². The van der Waals surface area contributed by atoms with Crippen LogP contribution in [0, 0.1) is 5.92 Å². The SMILES string of the molecule is CCC(C)C(N)C(=O)N1CCCC1C(=O)NC(CC(=O)O)C(=O)NC(CC(N)=O)C(=O)O. The summed E-state index contributed by atoms with van der Waals surface area (Å²) in [6.07, 6.45) is -0.0759. The first-order chi connectivity index (χ1) is 14.9. The van der Waals surface area contributed by atoms with Gasteiger partial charge < -0.3 is 37.2 Å². The summed E-state index contributed by atoms with van der Waals surface area (Å²) in [5, 5.41) is 22.5. The van der Waals surface area contributed by atoms with Gasteiger partial charge in [-0.15, -0.1) is 0 Å². The first-order valence-electron chi connectivity index (χ1n) is 10.3. The second kappa shape index (κ2) is 12.0. The number of carbonyl (C=O) groups excluding carboxylic acids is 4. The molecular weight excluding hydrogens is 426 g/mol. The Hall–Kier alpha value is -3.22. The minimum absolute atomic E-state index is 0.115. The number of nitrogens with zero attached hydrogens (tertiary/aromatic N) is 1. The maximum Gasteiger partial charge on any atom is 0.326 e. The zero-order valence-corrected chi connectivity index (χ0v) is 18.1. The second-order valence-corrected chi connectivity index (χ2v) is 7.83. The van der Waals surface area contributed by atoms with Crippen molar-refractivity contribution in [3.8, 4) is 0 Å². The predicted molar refractivity (Wildman–Crippen MR) is 110 cm³/mol. The summed E-state index contributed by atoms with van der Waals surface area (Å²) >= 11 is 0. The van der Waals surface area contributed by atoms with Crippen LogP contribution < -0.4 is 22.1 Å². The Bertz CT molecular complexity index is 758. The summed E-state index contributed by atoms with van der Waals surface area (Å²) < 4.78 is 0. The number of primary amides is 1. The summed E-state index contributed by atoms with van der Waals surface area (Å²) in [6, 6.07) is -5.07. The van der Waals surface area contributed by atoms with Gasteiger partial charge in [-0.05, 0) is 18.8 Å². The second-order valence-electron chi connectivity index (χ2n) is 7.83. The third-order valence-electron chi connectivity index (χ3n) is 5.41. The average molecular weight is 457 g/mol. The van der Waals surface area contributed by atoms with Crippen molar-refractivity contribution < 1.29 is 39.0 Å². The predicted octanol–water partition coefficient (Wildman–Crippen LogP) is -2.24. The molecule has 1 aliphatic rings. The molecule has 1 aliphatic heterocycles. The van der Waals surface area contributed by atoms with Crippen molar-refractivity contribution in [1.82, 2.24) is 15.5 Å². The van der Waals surface area contributed by atoms with Gasteiger partial charge in [-0.1, -0.05) is 20.3 Å². The van der Waals surface area contributed by atoms with Crippen molar-refractivity contribution in [3.05, 3.63) is 0 Å². The maximum absolute atomic E-state index is 12.8. The molecule has 8 N–H and O–H groups in total. The van der Waals surface area contributed by atoms with E-state index in [0.717, 1.165) is 0 Å². The zero-order valence-electron chi connectivity index (χ0n) is 18.1. The van der Waals surface area contributed by atoms with Gasteiger partial charge in [0.2, 0.25) is 23.6 Å². The number of likely N-dealkylation sites (tertiary alicyclic amines) is 1. The van der Waals surface area contributed by atoms with Crippen molar-refractivity contribution >= 4 is 35.6 Å². The molecule has 0 spiro atoms. The Kier molecular flexibility index (Phi) is 10.0. The normalized spacial score (nSPS) is 19.3. The number of aliphatic carboxylic acids is 2. The van der Waals surface area contributed by atoms with Crippen molar-refractivity contribution in [2.45, 2.75) is 70.1 Å². The molecular formula is C19H31N5O8. The number of carboxylic acids is 2. The Morgan fingerprint density at radius 1 is 1.06 bits per heavy atom. The van der Waals surface area contributed by atoms with Crippen molar-refractivity contribution in [1.29, 1.82) is 0 Å². The molecule has 0 aromatic carbocycles. The molecule has 0 aromatic heterocycles. The Morgan fingerprint density at radius 3 is 2.19 bits per heavy atom. The van der Waals surface area contributed by atoms with Gasteiger partial charge in [-0.3, -0.25) is 24.0 Å². The molecule has 32 heavy (non-hydrogen) atoms. The zero-order chi connectivity index (χ0) is 24.6. The summed E-state index contributed by atoms with van der Waals surface area (Å²) in [5.41, 5.74) is 11.0. The number of hydrogen-bond acceptors (Lipinski definition) is 7. The minimum atomic E-state index is -1.69. The molecule has 180 valence electrons. The third-order valence-corrected chi connectivity index (χ3v) is 5.41. The first kappa shape index (κ1) is 26.8. The highest BCUT2D eigenvalue weighted by Gasteiger charge is 2.39. The average Bonchev–Trinajstić information content (AvgIpc) is 3.20. The number of carboxylic acid groups (broad SMARTS) is 2. The van der Waals surface area contributed by atoms with Crippen LogP contribution in [-0.4, -0.2) is 81.4 Å².